The summed E-state index contributed by atoms with van der Waals surface area (Å²) in [7, 11) is 0. The lowest BCUT2D eigenvalue weighted by atomic mass is 9.54. The third-order valence-electron chi connectivity index (χ3n) is 8.40. The summed E-state index contributed by atoms with van der Waals surface area (Å²) in [4.78, 5) is 13.1. The number of benzene rings is 2. The SMILES string of the molecule is C[C@]12CC[C@@H]3c4ccc(O)cc4CC[C@H]3[C@@H]1[C@H](CCc1cc(F)c(F)c(F)c1)CC2=O. The molecule has 0 heterocycles. The van der Waals surface area contributed by atoms with Crippen molar-refractivity contribution in [1.82, 2.24) is 0 Å². The van der Waals surface area contributed by atoms with Gasteiger partial charge in [0.25, 0.3) is 0 Å². The number of fused-ring (bicyclic) bond motifs is 5. The van der Waals surface area contributed by atoms with Crippen molar-refractivity contribution in [2.75, 3.05) is 0 Å². The quantitative estimate of drug-likeness (QED) is 0.601. The summed E-state index contributed by atoms with van der Waals surface area (Å²) in [5.41, 5.74) is 2.62. The van der Waals surface area contributed by atoms with E-state index in [1.165, 1.54) is 11.1 Å². The first-order chi connectivity index (χ1) is 14.8. The number of carbonyl (C=O) groups is 1. The zero-order chi connectivity index (χ0) is 21.9. The van der Waals surface area contributed by atoms with Gasteiger partial charge in [-0.2, -0.15) is 0 Å². The molecule has 0 aliphatic heterocycles. The fourth-order valence-electron chi connectivity index (χ4n) is 7.00. The molecule has 0 saturated heterocycles. The number of ketones is 1. The largest absolute Gasteiger partial charge is 0.508 e. The molecule has 0 bridgehead atoms. The van der Waals surface area contributed by atoms with E-state index in [1.54, 1.807) is 6.07 Å². The molecular formula is C26H27F3O2. The van der Waals surface area contributed by atoms with Crippen LogP contribution < -0.4 is 0 Å². The van der Waals surface area contributed by atoms with Gasteiger partial charge in [0.15, 0.2) is 17.5 Å². The average Bonchev–Trinajstić information content (AvgIpc) is 3.00. The van der Waals surface area contributed by atoms with E-state index >= 15 is 0 Å². The average molecular weight is 428 g/mol. The van der Waals surface area contributed by atoms with E-state index in [0.29, 0.717) is 48.2 Å². The van der Waals surface area contributed by atoms with Crippen LogP contribution in [-0.2, 0) is 17.6 Å². The predicted molar refractivity (Wildman–Crippen MR) is 111 cm³/mol. The molecule has 2 aromatic carbocycles. The molecule has 0 spiro atoms. The van der Waals surface area contributed by atoms with Gasteiger partial charge in [-0.25, -0.2) is 13.2 Å². The van der Waals surface area contributed by atoms with E-state index < -0.39 is 17.5 Å². The van der Waals surface area contributed by atoms with Gasteiger partial charge in [-0.1, -0.05) is 13.0 Å². The molecule has 2 fully saturated rings. The van der Waals surface area contributed by atoms with Crippen molar-refractivity contribution in [2.24, 2.45) is 23.2 Å². The van der Waals surface area contributed by atoms with Crippen molar-refractivity contribution in [2.45, 2.75) is 57.8 Å². The van der Waals surface area contributed by atoms with Gasteiger partial charge in [-0.05, 0) is 103 Å². The number of rotatable bonds is 3. The number of phenols is 1. The molecule has 0 aromatic heterocycles. The summed E-state index contributed by atoms with van der Waals surface area (Å²) in [6, 6.07) is 7.81. The molecule has 5 atom stereocenters. The maximum absolute atomic E-state index is 13.6. The van der Waals surface area contributed by atoms with Crippen LogP contribution in [0.1, 0.15) is 61.6 Å². The lowest BCUT2D eigenvalue weighted by molar-refractivity contribution is -0.129. The second-order valence-corrected chi connectivity index (χ2v) is 9.97. The first-order valence-electron chi connectivity index (χ1n) is 11.3. The molecule has 2 aromatic rings. The summed E-state index contributed by atoms with van der Waals surface area (Å²) >= 11 is 0. The van der Waals surface area contributed by atoms with Crippen LogP contribution in [0.4, 0.5) is 13.2 Å². The van der Waals surface area contributed by atoms with Crippen LogP contribution in [0, 0.1) is 40.6 Å². The second-order valence-electron chi connectivity index (χ2n) is 9.97. The van der Waals surface area contributed by atoms with Gasteiger partial charge in [-0.3, -0.25) is 4.79 Å². The van der Waals surface area contributed by atoms with E-state index in [9.17, 15) is 23.1 Å². The van der Waals surface area contributed by atoms with Crippen LogP contribution in [0.25, 0.3) is 0 Å². The zero-order valence-electron chi connectivity index (χ0n) is 17.6. The summed E-state index contributed by atoms with van der Waals surface area (Å²) < 4.78 is 40.6. The molecule has 2 nitrogen and oxygen atoms in total. The summed E-state index contributed by atoms with van der Waals surface area (Å²) in [6.07, 6.45) is 5.33. The van der Waals surface area contributed by atoms with Crippen molar-refractivity contribution in [3.8, 4) is 5.75 Å². The zero-order valence-corrected chi connectivity index (χ0v) is 17.6. The summed E-state index contributed by atoms with van der Waals surface area (Å²) in [6.45, 7) is 2.11. The maximum atomic E-state index is 13.6. The van der Waals surface area contributed by atoms with Gasteiger partial charge in [0.05, 0.1) is 0 Å². The molecule has 0 amide bonds. The monoisotopic (exact) mass is 428 g/mol. The van der Waals surface area contributed by atoms with E-state index in [-0.39, 0.29) is 17.3 Å². The molecule has 164 valence electrons. The van der Waals surface area contributed by atoms with E-state index in [1.807, 2.05) is 12.1 Å². The molecule has 2 saturated carbocycles. The van der Waals surface area contributed by atoms with Crippen LogP contribution in [-0.4, -0.2) is 10.9 Å². The van der Waals surface area contributed by atoms with Crippen molar-refractivity contribution in [3.05, 3.63) is 64.5 Å². The number of carbonyl (C=O) groups excluding carboxylic acids is 1. The molecule has 1 N–H and O–H groups in total. The lowest BCUT2D eigenvalue weighted by Crippen LogP contribution is -2.44. The molecule has 3 aliphatic rings. The van der Waals surface area contributed by atoms with Crippen LogP contribution in [0.15, 0.2) is 30.3 Å². The van der Waals surface area contributed by atoms with Crippen LogP contribution >= 0.6 is 0 Å². The second kappa shape index (κ2) is 7.39. The fraction of sp³-hybridized carbons (Fsp3) is 0.500. The number of halogens is 3. The highest BCUT2D eigenvalue weighted by molar-refractivity contribution is 5.87. The van der Waals surface area contributed by atoms with Gasteiger partial charge < -0.3 is 5.11 Å². The van der Waals surface area contributed by atoms with E-state index in [2.05, 4.69) is 6.92 Å². The third kappa shape index (κ3) is 3.28. The molecule has 31 heavy (non-hydrogen) atoms. The first kappa shape index (κ1) is 20.6. The van der Waals surface area contributed by atoms with Crippen LogP contribution in [0.5, 0.6) is 5.75 Å². The van der Waals surface area contributed by atoms with Crippen molar-refractivity contribution >= 4 is 5.78 Å². The van der Waals surface area contributed by atoms with Gasteiger partial charge in [0, 0.05) is 11.8 Å². The predicted octanol–water partition coefficient (Wildman–Crippen LogP) is 6.09. The Labute approximate surface area is 180 Å². The smallest absolute Gasteiger partial charge is 0.194 e. The van der Waals surface area contributed by atoms with E-state index in [0.717, 1.165) is 37.8 Å². The Morgan fingerprint density at radius 1 is 1.10 bits per heavy atom. The summed E-state index contributed by atoms with van der Waals surface area (Å²) in [5.74, 6) is -1.95. The molecule has 5 heteroatoms. The number of Topliss-reactive ketones (excluding diaryl/α,β-unsaturated/α-hetero) is 1. The highest BCUT2D eigenvalue weighted by Gasteiger charge is 2.58. The Kier molecular flexibility index (Phi) is 4.91. The van der Waals surface area contributed by atoms with Crippen LogP contribution in [0.3, 0.4) is 0 Å². The maximum Gasteiger partial charge on any atom is 0.194 e. The minimum Gasteiger partial charge on any atom is -0.508 e. The summed E-state index contributed by atoms with van der Waals surface area (Å²) in [5, 5.41) is 9.87. The molecule has 5 rings (SSSR count). The minimum atomic E-state index is -1.44. The molecule has 0 radical (unpaired) electrons. The van der Waals surface area contributed by atoms with Crippen LogP contribution in [0.2, 0.25) is 0 Å². The number of phenolic OH excluding ortho intramolecular Hbond substituents is 1. The molecular weight excluding hydrogens is 401 g/mol. The highest BCUT2D eigenvalue weighted by Crippen LogP contribution is 2.62. The normalized spacial score (nSPS) is 31.8. The Hall–Kier alpha value is -2.30. The Morgan fingerprint density at radius 2 is 1.84 bits per heavy atom. The van der Waals surface area contributed by atoms with Crippen molar-refractivity contribution in [3.63, 3.8) is 0 Å². The molecule has 0 unspecified atom stereocenters. The van der Waals surface area contributed by atoms with Crippen molar-refractivity contribution in [1.29, 1.82) is 0 Å². The van der Waals surface area contributed by atoms with E-state index in [4.69, 9.17) is 0 Å². The standard InChI is InChI=1S/C26H27F3O2/c1-26-9-8-19-18-7-5-17(30)12-15(18)4-6-20(19)24(26)16(13-23(26)31)3-2-14-10-21(27)25(29)22(28)11-14/h5,7,10-12,16,19-20,24,30H,2-4,6,8-9,13H2,1H3/t16-,19-,20-,24+,26-/m1/s1. The Morgan fingerprint density at radius 3 is 2.58 bits per heavy atom. The Bertz CT molecular complexity index is 1030. The Balaban J connectivity index is 1.41. The lowest BCUT2D eigenvalue weighted by Gasteiger charge is -2.50. The highest BCUT2D eigenvalue weighted by atomic mass is 19.2. The fourth-order valence-corrected chi connectivity index (χ4v) is 7.00. The third-order valence-corrected chi connectivity index (χ3v) is 8.40. The number of aryl methyl sites for hydroxylation is 2. The minimum absolute atomic E-state index is 0.167. The number of hydrogen-bond acceptors (Lipinski definition) is 2. The number of aromatic hydroxyl groups is 1. The van der Waals surface area contributed by atoms with Gasteiger partial charge in [-0.15, -0.1) is 0 Å². The molecule has 3 aliphatic carbocycles. The van der Waals surface area contributed by atoms with Gasteiger partial charge in [0.1, 0.15) is 11.5 Å². The topological polar surface area (TPSA) is 37.3 Å². The van der Waals surface area contributed by atoms with Crippen molar-refractivity contribution < 1.29 is 23.1 Å². The number of hydrogen-bond donors (Lipinski definition) is 1. The van der Waals surface area contributed by atoms with Gasteiger partial charge >= 0.3 is 0 Å². The first-order valence-corrected chi connectivity index (χ1v) is 11.3. The van der Waals surface area contributed by atoms with Gasteiger partial charge in [0.2, 0.25) is 0 Å².